The molecule has 2 aromatic heterocycles. The van der Waals surface area contributed by atoms with Crippen LogP contribution in [-0.2, 0) is 11.3 Å². The Kier molecular flexibility index (Phi) is 4.55. The van der Waals surface area contributed by atoms with E-state index in [4.69, 9.17) is 4.74 Å². The summed E-state index contributed by atoms with van der Waals surface area (Å²) >= 11 is 1.45. The lowest BCUT2D eigenvalue weighted by atomic mass is 10.1. The molecule has 2 fully saturated rings. The lowest BCUT2D eigenvalue weighted by Gasteiger charge is -2.23. The summed E-state index contributed by atoms with van der Waals surface area (Å²) in [6.07, 6.45) is 2.02. The van der Waals surface area contributed by atoms with Gasteiger partial charge in [0.1, 0.15) is 5.69 Å². The number of carbonyl (C=O) groups is 1. The largest absolute Gasteiger partial charge is 0.375 e. The molecule has 126 valence electrons. The number of rotatable bonds is 3. The van der Waals surface area contributed by atoms with E-state index in [1.54, 1.807) is 5.51 Å². The first-order valence-electron chi connectivity index (χ1n) is 8.21. The van der Waals surface area contributed by atoms with Gasteiger partial charge in [0.2, 0.25) is 0 Å². The van der Waals surface area contributed by atoms with E-state index in [0.29, 0.717) is 24.8 Å². The number of ether oxygens (including phenoxy) is 1. The Balaban J connectivity index is 1.41. The molecule has 0 unspecified atom stereocenters. The number of fused-ring (bicyclic) bond motifs is 1. The van der Waals surface area contributed by atoms with E-state index in [-0.39, 0.29) is 12.0 Å². The molecule has 2 saturated heterocycles. The van der Waals surface area contributed by atoms with Crippen LogP contribution in [0.15, 0.2) is 35.3 Å². The molecule has 2 aromatic rings. The monoisotopic (exact) mass is 344 g/mol. The van der Waals surface area contributed by atoms with E-state index >= 15 is 0 Å². The van der Waals surface area contributed by atoms with Crippen molar-refractivity contribution in [3.8, 4) is 0 Å². The van der Waals surface area contributed by atoms with Crippen LogP contribution in [0.3, 0.4) is 0 Å². The molecule has 0 bridgehead atoms. The number of thiazole rings is 1. The molecule has 2 atom stereocenters. The van der Waals surface area contributed by atoms with Gasteiger partial charge in [-0.3, -0.25) is 14.7 Å². The molecule has 6 nitrogen and oxygen atoms in total. The number of likely N-dealkylation sites (tertiary alicyclic amines) is 1. The highest BCUT2D eigenvalue weighted by molar-refractivity contribution is 7.07. The van der Waals surface area contributed by atoms with Crippen LogP contribution in [0.5, 0.6) is 0 Å². The minimum Gasteiger partial charge on any atom is -0.375 e. The van der Waals surface area contributed by atoms with Crippen molar-refractivity contribution in [3.05, 3.63) is 46.7 Å². The molecular weight excluding hydrogens is 324 g/mol. The highest BCUT2D eigenvalue weighted by Crippen LogP contribution is 2.25. The highest BCUT2D eigenvalue weighted by atomic mass is 32.1. The second kappa shape index (κ2) is 6.96. The molecule has 0 spiro atoms. The average Bonchev–Trinajstić information content (AvgIpc) is 3.21. The number of amides is 1. The maximum absolute atomic E-state index is 12.6. The summed E-state index contributed by atoms with van der Waals surface area (Å²) in [4.78, 5) is 25.4. The van der Waals surface area contributed by atoms with Crippen LogP contribution in [0, 0.1) is 5.92 Å². The summed E-state index contributed by atoms with van der Waals surface area (Å²) in [5, 5.41) is 1.81. The second-order valence-corrected chi connectivity index (χ2v) is 7.03. The molecule has 0 aliphatic carbocycles. The Morgan fingerprint density at radius 3 is 3.04 bits per heavy atom. The van der Waals surface area contributed by atoms with Crippen LogP contribution >= 0.6 is 11.3 Å². The smallest absolute Gasteiger partial charge is 0.273 e. The molecular formula is C17H20N4O2S. The van der Waals surface area contributed by atoms with E-state index in [0.717, 1.165) is 31.9 Å². The number of pyridine rings is 1. The number of aromatic nitrogens is 2. The Morgan fingerprint density at radius 1 is 1.29 bits per heavy atom. The van der Waals surface area contributed by atoms with Crippen molar-refractivity contribution in [1.29, 1.82) is 0 Å². The zero-order valence-corrected chi connectivity index (χ0v) is 14.2. The lowest BCUT2D eigenvalue weighted by Crippen LogP contribution is -2.37. The van der Waals surface area contributed by atoms with E-state index in [9.17, 15) is 4.79 Å². The van der Waals surface area contributed by atoms with Crippen LogP contribution in [0.2, 0.25) is 0 Å². The molecule has 24 heavy (non-hydrogen) atoms. The van der Waals surface area contributed by atoms with Crippen molar-refractivity contribution in [2.45, 2.75) is 12.6 Å². The molecule has 2 aliphatic rings. The third-order valence-corrected chi connectivity index (χ3v) is 5.24. The van der Waals surface area contributed by atoms with Gasteiger partial charge in [0.05, 0.1) is 23.9 Å². The van der Waals surface area contributed by atoms with E-state index in [2.05, 4.69) is 14.9 Å². The van der Waals surface area contributed by atoms with Gasteiger partial charge in [-0.2, -0.15) is 0 Å². The minimum absolute atomic E-state index is 0.0173. The second-order valence-electron chi connectivity index (χ2n) is 6.31. The topological polar surface area (TPSA) is 58.6 Å². The van der Waals surface area contributed by atoms with Crippen LogP contribution in [-0.4, -0.2) is 64.6 Å². The van der Waals surface area contributed by atoms with Gasteiger partial charge < -0.3 is 9.64 Å². The van der Waals surface area contributed by atoms with Crippen LogP contribution in [0.1, 0.15) is 16.2 Å². The van der Waals surface area contributed by atoms with E-state index in [1.807, 2.05) is 34.7 Å². The van der Waals surface area contributed by atoms with Crippen molar-refractivity contribution in [1.82, 2.24) is 19.8 Å². The summed E-state index contributed by atoms with van der Waals surface area (Å²) in [6, 6.07) is 6.00. The molecule has 7 heteroatoms. The molecule has 0 saturated carbocycles. The van der Waals surface area contributed by atoms with Crippen molar-refractivity contribution >= 4 is 17.2 Å². The van der Waals surface area contributed by atoms with Crippen LogP contribution in [0.4, 0.5) is 0 Å². The summed E-state index contributed by atoms with van der Waals surface area (Å²) in [7, 11) is 0. The molecule has 0 aromatic carbocycles. The molecule has 4 heterocycles. The van der Waals surface area contributed by atoms with Gasteiger partial charge in [0.25, 0.3) is 5.91 Å². The van der Waals surface area contributed by atoms with Crippen LogP contribution < -0.4 is 0 Å². The van der Waals surface area contributed by atoms with E-state index in [1.165, 1.54) is 11.3 Å². The fourth-order valence-electron chi connectivity index (χ4n) is 3.49. The molecule has 4 rings (SSSR count). The first kappa shape index (κ1) is 15.7. The van der Waals surface area contributed by atoms with Crippen molar-refractivity contribution in [2.24, 2.45) is 5.92 Å². The summed E-state index contributed by atoms with van der Waals surface area (Å²) < 4.78 is 6.02. The quantitative estimate of drug-likeness (QED) is 0.845. The van der Waals surface area contributed by atoms with Gasteiger partial charge >= 0.3 is 0 Å². The van der Waals surface area contributed by atoms with E-state index < -0.39 is 0 Å². The Bertz CT molecular complexity index is 679. The first-order chi connectivity index (χ1) is 11.8. The normalized spacial score (nSPS) is 24.6. The average molecular weight is 344 g/mol. The first-order valence-corrected chi connectivity index (χ1v) is 9.15. The van der Waals surface area contributed by atoms with Gasteiger partial charge in [0, 0.05) is 50.2 Å². The standard InChI is InChI=1S/C17H20N4O2S/c22-17(15-11-24-12-19-15)21-5-6-23-16-10-20(7-13(16)8-21)9-14-3-1-2-4-18-14/h1-4,11-13,16H,5-10H2/t13-,16-/m1/s1. The number of carbonyl (C=O) groups excluding carboxylic acids is 1. The lowest BCUT2D eigenvalue weighted by molar-refractivity contribution is 0.0500. The predicted molar refractivity (Wildman–Crippen MR) is 90.8 cm³/mol. The third kappa shape index (κ3) is 3.33. The van der Waals surface area contributed by atoms with Crippen molar-refractivity contribution in [3.63, 3.8) is 0 Å². The zero-order valence-electron chi connectivity index (χ0n) is 13.4. The molecule has 1 amide bonds. The highest BCUT2D eigenvalue weighted by Gasteiger charge is 2.37. The summed E-state index contributed by atoms with van der Waals surface area (Å²) in [5.41, 5.74) is 3.32. The molecule has 2 aliphatic heterocycles. The summed E-state index contributed by atoms with van der Waals surface area (Å²) in [5.74, 6) is 0.363. The number of hydrogen-bond donors (Lipinski definition) is 0. The SMILES string of the molecule is O=C(c1cscn1)N1CCO[C@@H]2CN(Cc3ccccn3)C[C@@H]2C1. The van der Waals surface area contributed by atoms with Crippen molar-refractivity contribution in [2.75, 3.05) is 32.8 Å². The Labute approximate surface area is 145 Å². The van der Waals surface area contributed by atoms with Gasteiger partial charge in [0.15, 0.2) is 0 Å². The van der Waals surface area contributed by atoms with Gasteiger partial charge in [-0.05, 0) is 12.1 Å². The fourth-order valence-corrected chi connectivity index (χ4v) is 4.02. The zero-order chi connectivity index (χ0) is 16.4. The Morgan fingerprint density at radius 2 is 2.25 bits per heavy atom. The maximum Gasteiger partial charge on any atom is 0.273 e. The van der Waals surface area contributed by atoms with Gasteiger partial charge in [-0.1, -0.05) is 6.07 Å². The number of hydrogen-bond acceptors (Lipinski definition) is 6. The molecule has 0 radical (unpaired) electrons. The molecule has 0 N–H and O–H groups in total. The van der Waals surface area contributed by atoms with Gasteiger partial charge in [-0.15, -0.1) is 11.3 Å². The third-order valence-electron chi connectivity index (χ3n) is 4.66. The van der Waals surface area contributed by atoms with Crippen molar-refractivity contribution < 1.29 is 9.53 Å². The van der Waals surface area contributed by atoms with Crippen LogP contribution in [0.25, 0.3) is 0 Å². The minimum atomic E-state index is 0.0173. The predicted octanol–water partition coefficient (Wildman–Crippen LogP) is 1.51. The Hall–Kier alpha value is -1.83. The summed E-state index contributed by atoms with van der Waals surface area (Å²) in [6.45, 7) is 4.64. The maximum atomic E-state index is 12.6. The fraction of sp³-hybridized carbons (Fsp3) is 0.471. The number of nitrogens with zero attached hydrogens (tertiary/aromatic N) is 4. The van der Waals surface area contributed by atoms with Gasteiger partial charge in [-0.25, -0.2) is 4.98 Å².